The summed E-state index contributed by atoms with van der Waals surface area (Å²) in [6.45, 7) is 6.02. The van der Waals surface area contributed by atoms with Crippen molar-refractivity contribution in [2.24, 2.45) is 0 Å². The van der Waals surface area contributed by atoms with Gasteiger partial charge < -0.3 is 5.48 Å². The molecule has 1 aliphatic rings. The van der Waals surface area contributed by atoms with E-state index in [9.17, 15) is 0 Å². The van der Waals surface area contributed by atoms with Gasteiger partial charge in [-0.3, -0.25) is 4.98 Å². The first kappa shape index (κ1) is 21.8. The van der Waals surface area contributed by atoms with Gasteiger partial charge in [0.2, 0.25) is 0 Å². The second-order valence-electron chi connectivity index (χ2n) is 7.52. The molecule has 0 saturated heterocycles. The van der Waals surface area contributed by atoms with Gasteiger partial charge in [-0.25, -0.2) is 0 Å². The summed E-state index contributed by atoms with van der Waals surface area (Å²) in [4.78, 5) is 5.11. The number of hydrogen-bond acceptors (Lipinski definition) is 1. The number of aryl methyl sites for hydroxylation is 4. The second kappa shape index (κ2) is 11.4. The fourth-order valence-corrected chi connectivity index (χ4v) is 3.76. The van der Waals surface area contributed by atoms with Crippen LogP contribution < -0.4 is 0 Å². The molecule has 3 rings (SSSR count). The lowest BCUT2D eigenvalue weighted by Crippen LogP contribution is -2.06. The van der Waals surface area contributed by atoms with Crippen molar-refractivity contribution in [2.45, 2.75) is 57.8 Å². The molecule has 0 radical (unpaired) electrons. The van der Waals surface area contributed by atoms with E-state index in [0.717, 1.165) is 44.9 Å². The van der Waals surface area contributed by atoms with Crippen LogP contribution in [0.5, 0.6) is 0 Å². The van der Waals surface area contributed by atoms with E-state index in [1.165, 1.54) is 28.1 Å². The molecule has 0 fully saturated rings. The lowest BCUT2D eigenvalue weighted by molar-refractivity contribution is 0.738. The van der Waals surface area contributed by atoms with E-state index in [0.29, 0.717) is 5.92 Å². The van der Waals surface area contributed by atoms with Crippen LogP contribution in [0.4, 0.5) is 0 Å². The van der Waals surface area contributed by atoms with Crippen LogP contribution in [-0.2, 0) is 19.3 Å². The molecule has 0 aliphatic heterocycles. The normalized spacial score (nSPS) is 15.2. The first-order chi connectivity index (χ1) is 13.3. The first-order valence-corrected chi connectivity index (χ1v) is 10.2. The first-order valence-electron chi connectivity index (χ1n) is 10.2. The molecule has 0 amide bonds. The molecule has 28 heavy (non-hydrogen) atoms. The fourth-order valence-electron chi connectivity index (χ4n) is 3.76. The minimum absolute atomic E-state index is 0. The Balaban J connectivity index is 0.00000280. The van der Waals surface area contributed by atoms with Crippen LogP contribution in [0, 0.1) is 6.92 Å². The molecule has 1 aliphatic carbocycles. The number of pyridine rings is 1. The summed E-state index contributed by atoms with van der Waals surface area (Å²) in [6.07, 6.45) is 18.5. The minimum Gasteiger partial charge on any atom is -0.412 e. The highest BCUT2D eigenvalue weighted by Crippen LogP contribution is 2.25. The summed E-state index contributed by atoms with van der Waals surface area (Å²) in [5.74, 6) is 0.424. The summed E-state index contributed by atoms with van der Waals surface area (Å²) in [5.41, 5.74) is 6.70. The zero-order valence-electron chi connectivity index (χ0n) is 17.0. The molecule has 2 aromatic rings. The highest BCUT2D eigenvalue weighted by molar-refractivity contribution is 5.30. The molecule has 148 valence electrons. The predicted molar refractivity (Wildman–Crippen MR) is 120 cm³/mol. The minimum atomic E-state index is 0. The average Bonchev–Trinajstić information content (AvgIpc) is 2.70. The fraction of sp³-hybridized carbons (Fsp3) is 0.346. The van der Waals surface area contributed by atoms with Gasteiger partial charge in [0.05, 0.1) is 0 Å². The molecular formula is C26H33NO. The Morgan fingerprint density at radius 2 is 1.96 bits per heavy atom. The van der Waals surface area contributed by atoms with Crippen LogP contribution in [0.1, 0.15) is 59.7 Å². The van der Waals surface area contributed by atoms with E-state index in [1.54, 1.807) is 0 Å². The van der Waals surface area contributed by atoms with Crippen molar-refractivity contribution in [3.8, 4) is 0 Å². The largest absolute Gasteiger partial charge is 0.412 e. The number of rotatable bonds is 9. The van der Waals surface area contributed by atoms with E-state index >= 15 is 0 Å². The Morgan fingerprint density at radius 1 is 1.07 bits per heavy atom. The van der Waals surface area contributed by atoms with Gasteiger partial charge in [0.25, 0.3) is 0 Å². The Labute approximate surface area is 170 Å². The van der Waals surface area contributed by atoms with Crippen molar-refractivity contribution < 1.29 is 5.48 Å². The molecule has 2 N–H and O–H groups in total. The molecule has 1 unspecified atom stereocenters. The van der Waals surface area contributed by atoms with Gasteiger partial charge in [0, 0.05) is 17.3 Å². The number of aromatic nitrogens is 1. The molecule has 1 atom stereocenters. The summed E-state index contributed by atoms with van der Waals surface area (Å²) >= 11 is 0. The molecule has 0 spiro atoms. The molecule has 0 bridgehead atoms. The van der Waals surface area contributed by atoms with Crippen molar-refractivity contribution in [1.82, 2.24) is 4.98 Å². The molecule has 1 aromatic carbocycles. The van der Waals surface area contributed by atoms with Gasteiger partial charge >= 0.3 is 0 Å². The van der Waals surface area contributed by atoms with Crippen LogP contribution in [0.25, 0.3) is 0 Å². The maximum absolute atomic E-state index is 5.11. The molecule has 0 saturated carbocycles. The molecule has 1 heterocycles. The average molecular weight is 376 g/mol. The molecule has 2 heteroatoms. The van der Waals surface area contributed by atoms with E-state index in [4.69, 9.17) is 4.98 Å². The monoisotopic (exact) mass is 375 g/mol. The van der Waals surface area contributed by atoms with Gasteiger partial charge in [0.1, 0.15) is 0 Å². The number of nitrogens with zero attached hydrogens (tertiary/aromatic N) is 1. The quantitative estimate of drug-likeness (QED) is 0.400. The zero-order valence-corrected chi connectivity index (χ0v) is 17.0. The topological polar surface area (TPSA) is 44.4 Å². The van der Waals surface area contributed by atoms with Crippen molar-refractivity contribution in [3.63, 3.8) is 0 Å². The van der Waals surface area contributed by atoms with Crippen molar-refractivity contribution >= 4 is 0 Å². The number of benzene rings is 1. The Morgan fingerprint density at radius 3 is 2.71 bits per heavy atom. The van der Waals surface area contributed by atoms with Crippen LogP contribution >= 0.6 is 0 Å². The second-order valence-corrected chi connectivity index (χ2v) is 7.52. The molecule has 1 aromatic heterocycles. The predicted octanol–water partition coefficient (Wildman–Crippen LogP) is 5.85. The lowest BCUT2D eigenvalue weighted by atomic mass is 9.94. The maximum atomic E-state index is 5.11. The SMILES string of the molecule is C=CCCCc1ccc(C2C=CC=CC2)nc1CCCc1cccc(C)c1.O. The van der Waals surface area contributed by atoms with Crippen LogP contribution in [0.3, 0.4) is 0 Å². The number of allylic oxidation sites excluding steroid dienone is 5. The van der Waals surface area contributed by atoms with E-state index in [2.05, 4.69) is 74.2 Å². The van der Waals surface area contributed by atoms with E-state index < -0.39 is 0 Å². The van der Waals surface area contributed by atoms with Crippen LogP contribution in [0.15, 0.2) is 73.4 Å². The number of unbranched alkanes of at least 4 members (excludes halogenated alkanes) is 1. The van der Waals surface area contributed by atoms with E-state index in [1.807, 2.05) is 6.08 Å². The van der Waals surface area contributed by atoms with E-state index in [-0.39, 0.29) is 5.48 Å². The summed E-state index contributed by atoms with van der Waals surface area (Å²) in [6, 6.07) is 13.4. The summed E-state index contributed by atoms with van der Waals surface area (Å²) < 4.78 is 0. The lowest BCUT2D eigenvalue weighted by Gasteiger charge is -2.16. The molecular weight excluding hydrogens is 342 g/mol. The summed E-state index contributed by atoms with van der Waals surface area (Å²) in [7, 11) is 0. The van der Waals surface area contributed by atoms with Crippen molar-refractivity contribution in [3.05, 3.63) is 101 Å². The van der Waals surface area contributed by atoms with Crippen LogP contribution in [-0.4, -0.2) is 10.5 Å². The third-order valence-corrected chi connectivity index (χ3v) is 5.27. The summed E-state index contributed by atoms with van der Waals surface area (Å²) in [5, 5.41) is 0. The highest BCUT2D eigenvalue weighted by Gasteiger charge is 2.13. The third-order valence-electron chi connectivity index (χ3n) is 5.27. The molecule has 2 nitrogen and oxygen atoms in total. The highest BCUT2D eigenvalue weighted by atomic mass is 16.0. The number of hydrogen-bond donors (Lipinski definition) is 0. The Kier molecular flexibility index (Phi) is 8.90. The van der Waals surface area contributed by atoms with Gasteiger partial charge in [-0.2, -0.15) is 0 Å². The Bertz CT molecular complexity index is 819. The van der Waals surface area contributed by atoms with Crippen molar-refractivity contribution in [1.29, 1.82) is 0 Å². The van der Waals surface area contributed by atoms with Gasteiger partial charge in [-0.05, 0) is 69.1 Å². The van der Waals surface area contributed by atoms with Gasteiger partial charge in [-0.1, -0.05) is 66.3 Å². The Hall–Kier alpha value is -2.45. The van der Waals surface area contributed by atoms with Gasteiger partial charge in [-0.15, -0.1) is 6.58 Å². The van der Waals surface area contributed by atoms with Crippen LogP contribution in [0.2, 0.25) is 0 Å². The standard InChI is InChI=1S/C26H31N.H2O/c1-3-4-6-14-24-18-19-26(23-15-7-5-8-16-23)27-25(24)17-10-13-22-12-9-11-21(2)20-22;/h3,5,7-9,11-12,15,18-20,23H,1,4,6,10,13-14,16-17H2,2H3;1H2. The maximum Gasteiger partial charge on any atom is 0.0478 e. The smallest absolute Gasteiger partial charge is 0.0478 e. The third kappa shape index (κ3) is 6.31. The van der Waals surface area contributed by atoms with Crippen molar-refractivity contribution in [2.75, 3.05) is 0 Å². The van der Waals surface area contributed by atoms with Gasteiger partial charge in [0.15, 0.2) is 0 Å². The zero-order chi connectivity index (χ0) is 18.9.